The second-order valence-corrected chi connectivity index (χ2v) is 5.98. The summed E-state index contributed by atoms with van der Waals surface area (Å²) in [6.45, 7) is 1.84. The molecule has 1 aromatic carbocycles. The summed E-state index contributed by atoms with van der Waals surface area (Å²) in [7, 11) is 0. The Hall–Kier alpha value is -2.45. The Morgan fingerprint density at radius 2 is 2.05 bits per heavy atom. The highest BCUT2D eigenvalue weighted by Gasteiger charge is 2.15. The molecule has 0 fully saturated rings. The van der Waals surface area contributed by atoms with E-state index < -0.39 is 0 Å². The Morgan fingerprint density at radius 1 is 1.32 bits per heavy atom. The molecular weight excluding hydrogens is 294 g/mol. The number of imidazole rings is 1. The molecule has 0 spiro atoms. The van der Waals surface area contributed by atoms with Gasteiger partial charge in [0.05, 0.1) is 5.56 Å². The van der Waals surface area contributed by atoms with Crippen LogP contribution in [0.25, 0.3) is 5.65 Å². The lowest BCUT2D eigenvalue weighted by molar-refractivity contribution is 1.01. The van der Waals surface area contributed by atoms with Crippen molar-refractivity contribution in [2.24, 2.45) is 0 Å². The summed E-state index contributed by atoms with van der Waals surface area (Å²) in [5, 5.41) is 9.40. The number of nitrogens with one attached hydrogen (secondary N) is 1. The van der Waals surface area contributed by atoms with Crippen LogP contribution in [-0.4, -0.2) is 15.6 Å². The molecule has 0 aliphatic carbocycles. The van der Waals surface area contributed by atoms with Crippen molar-refractivity contribution >= 4 is 17.4 Å². The lowest BCUT2D eigenvalue weighted by Crippen LogP contribution is -2.20. The van der Waals surface area contributed by atoms with Gasteiger partial charge in [-0.05, 0) is 36.4 Å². The van der Waals surface area contributed by atoms with E-state index in [0.29, 0.717) is 23.2 Å². The maximum Gasteiger partial charge on any atom is 0.260 e. The molecule has 3 aromatic rings. The summed E-state index contributed by atoms with van der Waals surface area (Å²) in [5.74, 6) is 0. The number of aromatic nitrogens is 2. The fourth-order valence-electron chi connectivity index (χ4n) is 2.62. The molecule has 0 saturated carbocycles. The highest BCUT2D eigenvalue weighted by molar-refractivity contribution is 7.98. The Kier molecular flexibility index (Phi) is 3.78. The number of benzene rings is 1. The summed E-state index contributed by atoms with van der Waals surface area (Å²) in [6, 6.07) is 10.4. The first-order valence-corrected chi connectivity index (χ1v) is 8.12. The van der Waals surface area contributed by atoms with Crippen LogP contribution in [0.3, 0.4) is 0 Å². The van der Waals surface area contributed by atoms with E-state index in [9.17, 15) is 10.1 Å². The molecule has 0 unspecified atom stereocenters. The third-order valence-electron chi connectivity index (χ3n) is 3.88. The van der Waals surface area contributed by atoms with E-state index in [2.05, 4.69) is 11.1 Å². The first-order chi connectivity index (χ1) is 10.7. The number of nitrogens with zero attached hydrogens (tertiary/aromatic N) is 2. The molecule has 2 heterocycles. The minimum Gasteiger partial charge on any atom is -0.345 e. The van der Waals surface area contributed by atoms with E-state index in [0.717, 1.165) is 11.1 Å². The number of rotatable bonds is 3. The van der Waals surface area contributed by atoms with E-state index in [1.54, 1.807) is 24.2 Å². The van der Waals surface area contributed by atoms with Gasteiger partial charge in [0, 0.05) is 29.3 Å². The number of hydrogen-bond donors (Lipinski definition) is 1. The Morgan fingerprint density at radius 3 is 2.68 bits per heavy atom. The third-order valence-corrected chi connectivity index (χ3v) is 4.62. The monoisotopic (exact) mass is 309 g/mol. The van der Waals surface area contributed by atoms with Gasteiger partial charge < -0.3 is 4.98 Å². The fourth-order valence-corrected chi connectivity index (χ4v) is 3.03. The Balaban J connectivity index is 2.14. The van der Waals surface area contributed by atoms with Crippen LogP contribution in [0.2, 0.25) is 0 Å². The molecule has 0 radical (unpaired) electrons. The number of nitriles is 1. The predicted octanol–water partition coefficient (Wildman–Crippen LogP) is 3.12. The van der Waals surface area contributed by atoms with Crippen molar-refractivity contribution in [3.63, 3.8) is 0 Å². The normalized spacial score (nSPS) is 10.8. The highest BCUT2D eigenvalue weighted by Crippen LogP contribution is 2.20. The van der Waals surface area contributed by atoms with Gasteiger partial charge in [0.15, 0.2) is 0 Å². The highest BCUT2D eigenvalue weighted by atomic mass is 32.2. The van der Waals surface area contributed by atoms with Gasteiger partial charge in [-0.25, -0.2) is 0 Å². The van der Waals surface area contributed by atoms with Crippen LogP contribution in [0.15, 0.2) is 46.3 Å². The second kappa shape index (κ2) is 5.74. The molecule has 0 amide bonds. The Bertz CT molecular complexity index is 929. The summed E-state index contributed by atoms with van der Waals surface area (Å²) >= 11 is 1.69. The summed E-state index contributed by atoms with van der Waals surface area (Å²) in [4.78, 5) is 16.8. The van der Waals surface area contributed by atoms with Gasteiger partial charge >= 0.3 is 0 Å². The molecule has 2 aromatic heterocycles. The third kappa shape index (κ3) is 2.32. The summed E-state index contributed by atoms with van der Waals surface area (Å²) in [6.07, 6.45) is 5.90. The van der Waals surface area contributed by atoms with E-state index in [1.165, 1.54) is 9.30 Å². The van der Waals surface area contributed by atoms with Gasteiger partial charge in [-0.2, -0.15) is 5.26 Å². The lowest BCUT2D eigenvalue weighted by Gasteiger charge is -2.09. The standard InChI is InChI=1S/C17H15N3OS/c1-11-14(9-12-3-5-13(22-2)6-4-12)17(21)20-8-7-19-16(20)15(11)10-18/h3-8,19H,9H2,1-2H3. The molecule has 4 nitrogen and oxygen atoms in total. The van der Waals surface area contributed by atoms with Gasteiger partial charge in [0.2, 0.25) is 0 Å². The minimum atomic E-state index is -0.0679. The van der Waals surface area contributed by atoms with Crippen LogP contribution in [0.4, 0.5) is 0 Å². The minimum absolute atomic E-state index is 0.0679. The lowest BCUT2D eigenvalue weighted by atomic mass is 9.99. The van der Waals surface area contributed by atoms with Gasteiger partial charge in [-0.1, -0.05) is 12.1 Å². The molecule has 110 valence electrons. The zero-order chi connectivity index (χ0) is 15.7. The number of hydrogen-bond acceptors (Lipinski definition) is 3. The Labute approximate surface area is 132 Å². The molecule has 0 aliphatic heterocycles. The first kappa shape index (κ1) is 14.5. The quantitative estimate of drug-likeness (QED) is 0.756. The summed E-state index contributed by atoms with van der Waals surface area (Å²) < 4.78 is 1.51. The van der Waals surface area contributed by atoms with Gasteiger partial charge in [-0.3, -0.25) is 9.20 Å². The van der Waals surface area contributed by atoms with E-state index in [1.807, 2.05) is 37.4 Å². The van der Waals surface area contributed by atoms with Crippen molar-refractivity contribution in [2.75, 3.05) is 6.26 Å². The molecule has 1 N–H and O–H groups in total. The van der Waals surface area contributed by atoms with E-state index in [4.69, 9.17) is 0 Å². The molecule has 0 bridgehead atoms. The van der Waals surface area contributed by atoms with Crippen LogP contribution in [0, 0.1) is 18.3 Å². The van der Waals surface area contributed by atoms with E-state index in [-0.39, 0.29) is 5.56 Å². The van der Waals surface area contributed by atoms with E-state index >= 15 is 0 Å². The van der Waals surface area contributed by atoms with Crippen molar-refractivity contribution in [1.82, 2.24) is 9.38 Å². The number of H-pyrrole nitrogens is 1. The van der Waals surface area contributed by atoms with Crippen molar-refractivity contribution in [3.8, 4) is 6.07 Å². The van der Waals surface area contributed by atoms with Gasteiger partial charge in [-0.15, -0.1) is 11.8 Å². The number of aromatic amines is 1. The number of thioether (sulfide) groups is 1. The fraction of sp³-hybridized carbons (Fsp3) is 0.176. The van der Waals surface area contributed by atoms with Crippen LogP contribution in [0.5, 0.6) is 0 Å². The maximum atomic E-state index is 12.6. The average Bonchev–Trinajstić information content (AvgIpc) is 3.02. The molecular formula is C17H15N3OS. The maximum absolute atomic E-state index is 12.6. The molecule has 0 aliphatic rings. The molecule has 5 heteroatoms. The van der Waals surface area contributed by atoms with Gasteiger partial charge in [0.25, 0.3) is 5.56 Å². The van der Waals surface area contributed by atoms with Crippen molar-refractivity contribution in [1.29, 1.82) is 5.26 Å². The average molecular weight is 309 g/mol. The second-order valence-electron chi connectivity index (χ2n) is 5.10. The summed E-state index contributed by atoms with van der Waals surface area (Å²) in [5.41, 5.74) is 3.51. The van der Waals surface area contributed by atoms with Crippen LogP contribution >= 0.6 is 11.8 Å². The van der Waals surface area contributed by atoms with Gasteiger partial charge in [0.1, 0.15) is 11.7 Å². The molecule has 22 heavy (non-hydrogen) atoms. The first-order valence-electron chi connectivity index (χ1n) is 6.90. The predicted molar refractivity (Wildman–Crippen MR) is 88.5 cm³/mol. The largest absolute Gasteiger partial charge is 0.345 e. The zero-order valence-corrected chi connectivity index (χ0v) is 13.2. The molecule has 0 saturated heterocycles. The molecule has 0 atom stereocenters. The molecule has 3 rings (SSSR count). The van der Waals surface area contributed by atoms with Crippen molar-refractivity contribution in [3.05, 3.63) is 69.3 Å². The van der Waals surface area contributed by atoms with Crippen molar-refractivity contribution < 1.29 is 0 Å². The number of pyridine rings is 1. The van der Waals surface area contributed by atoms with Crippen LogP contribution in [-0.2, 0) is 6.42 Å². The number of fused-ring (bicyclic) bond motifs is 1. The SMILES string of the molecule is CSc1ccc(Cc2c(C)c(C#N)c3[nH]ccn3c2=O)cc1. The smallest absolute Gasteiger partial charge is 0.260 e. The topological polar surface area (TPSA) is 61.1 Å². The van der Waals surface area contributed by atoms with Crippen molar-refractivity contribution in [2.45, 2.75) is 18.2 Å². The van der Waals surface area contributed by atoms with Crippen LogP contribution < -0.4 is 5.56 Å². The van der Waals surface area contributed by atoms with Crippen LogP contribution in [0.1, 0.15) is 22.3 Å². The zero-order valence-electron chi connectivity index (χ0n) is 12.4.